The lowest BCUT2D eigenvalue weighted by Crippen LogP contribution is -1.99. The number of nitrogen functional groups attached to an aromatic ring is 1. The van der Waals surface area contributed by atoms with Gasteiger partial charge in [0, 0.05) is 12.0 Å². The molecule has 1 rings (SSSR count). The molecule has 1 aromatic carbocycles. The predicted molar refractivity (Wildman–Crippen MR) is 51.8 cm³/mol. The molecule has 3 N–H and O–H groups in total. The first-order valence-electron chi connectivity index (χ1n) is 4.27. The summed E-state index contributed by atoms with van der Waals surface area (Å²) in [6, 6.07) is 4.54. The van der Waals surface area contributed by atoms with Crippen LogP contribution in [0.2, 0.25) is 0 Å². The van der Waals surface area contributed by atoms with Crippen LogP contribution in [0.15, 0.2) is 18.2 Å². The number of hydrogen-bond donors (Lipinski definition) is 2. The van der Waals surface area contributed by atoms with Crippen LogP contribution in [0.4, 0.5) is 5.69 Å². The van der Waals surface area contributed by atoms with Crippen molar-refractivity contribution in [1.29, 1.82) is 0 Å². The van der Waals surface area contributed by atoms with Gasteiger partial charge in [0.2, 0.25) is 0 Å². The Kier molecular flexibility index (Phi) is 2.90. The van der Waals surface area contributed by atoms with Crippen molar-refractivity contribution in [2.45, 2.75) is 19.8 Å². The fourth-order valence-corrected chi connectivity index (χ4v) is 1.10. The third-order valence-electron chi connectivity index (χ3n) is 1.83. The Morgan fingerprint density at radius 1 is 1.54 bits per heavy atom. The lowest BCUT2D eigenvalue weighted by Gasteiger charge is -2.02. The Bertz CT molecular complexity index is 321. The van der Waals surface area contributed by atoms with Crippen molar-refractivity contribution in [3.63, 3.8) is 0 Å². The van der Waals surface area contributed by atoms with E-state index < -0.39 is 0 Å². The molecule has 3 heteroatoms. The standard InChI is InChI=1S/C10H13NO2/c1-2-3-9(12)7-4-5-10(13)8(11)6-7/h4-6,13H,2-3,11H2,1H3. The monoisotopic (exact) mass is 179 g/mol. The number of aromatic hydroxyl groups is 1. The van der Waals surface area contributed by atoms with E-state index in [4.69, 9.17) is 10.8 Å². The first-order chi connectivity index (χ1) is 6.15. The average molecular weight is 179 g/mol. The van der Waals surface area contributed by atoms with Crippen LogP contribution in [0, 0.1) is 0 Å². The van der Waals surface area contributed by atoms with E-state index in [0.717, 1.165) is 6.42 Å². The number of hydrogen-bond acceptors (Lipinski definition) is 3. The van der Waals surface area contributed by atoms with Gasteiger partial charge in [0.1, 0.15) is 5.75 Å². The minimum atomic E-state index is 0.0213. The highest BCUT2D eigenvalue weighted by Gasteiger charge is 2.06. The van der Waals surface area contributed by atoms with Gasteiger partial charge < -0.3 is 10.8 Å². The third-order valence-corrected chi connectivity index (χ3v) is 1.83. The summed E-state index contributed by atoms with van der Waals surface area (Å²) >= 11 is 0. The van der Waals surface area contributed by atoms with Gasteiger partial charge in [0.05, 0.1) is 5.69 Å². The molecule has 0 spiro atoms. The number of benzene rings is 1. The van der Waals surface area contributed by atoms with E-state index >= 15 is 0 Å². The summed E-state index contributed by atoms with van der Waals surface area (Å²) in [5, 5.41) is 9.12. The molecule has 13 heavy (non-hydrogen) atoms. The van der Waals surface area contributed by atoms with Gasteiger partial charge in [-0.1, -0.05) is 6.92 Å². The van der Waals surface area contributed by atoms with Gasteiger partial charge in [0.15, 0.2) is 5.78 Å². The maximum atomic E-state index is 11.4. The van der Waals surface area contributed by atoms with Gasteiger partial charge in [-0.3, -0.25) is 4.79 Å². The summed E-state index contributed by atoms with van der Waals surface area (Å²) in [4.78, 5) is 11.4. The second kappa shape index (κ2) is 3.94. The van der Waals surface area contributed by atoms with Crippen molar-refractivity contribution in [3.8, 4) is 5.75 Å². The molecule has 0 aliphatic heterocycles. The number of nitrogens with two attached hydrogens (primary N) is 1. The number of anilines is 1. The van der Waals surface area contributed by atoms with Gasteiger partial charge in [-0.2, -0.15) is 0 Å². The van der Waals surface area contributed by atoms with E-state index in [-0.39, 0.29) is 17.2 Å². The Balaban J connectivity index is 2.90. The van der Waals surface area contributed by atoms with Crippen molar-refractivity contribution in [3.05, 3.63) is 23.8 Å². The summed E-state index contributed by atoms with van der Waals surface area (Å²) in [6.45, 7) is 1.95. The molecule has 0 fully saturated rings. The summed E-state index contributed by atoms with van der Waals surface area (Å²) in [5.41, 5.74) is 6.27. The van der Waals surface area contributed by atoms with Crippen LogP contribution in [-0.4, -0.2) is 10.9 Å². The molecule has 1 aromatic rings. The maximum Gasteiger partial charge on any atom is 0.162 e. The Morgan fingerprint density at radius 3 is 2.77 bits per heavy atom. The van der Waals surface area contributed by atoms with E-state index in [1.807, 2.05) is 6.92 Å². The maximum absolute atomic E-state index is 11.4. The quantitative estimate of drug-likeness (QED) is 0.423. The third kappa shape index (κ3) is 2.21. The molecular formula is C10H13NO2. The highest BCUT2D eigenvalue weighted by Crippen LogP contribution is 2.21. The minimum Gasteiger partial charge on any atom is -0.506 e. The van der Waals surface area contributed by atoms with Crippen molar-refractivity contribution in [2.24, 2.45) is 0 Å². The second-order valence-corrected chi connectivity index (χ2v) is 2.95. The fourth-order valence-electron chi connectivity index (χ4n) is 1.10. The summed E-state index contributed by atoms with van der Waals surface area (Å²) < 4.78 is 0. The van der Waals surface area contributed by atoms with E-state index in [2.05, 4.69) is 0 Å². The van der Waals surface area contributed by atoms with Gasteiger partial charge in [-0.05, 0) is 24.6 Å². The molecule has 0 aliphatic carbocycles. The first-order valence-corrected chi connectivity index (χ1v) is 4.27. The van der Waals surface area contributed by atoms with Crippen LogP contribution in [0.1, 0.15) is 30.1 Å². The first kappa shape index (κ1) is 9.58. The van der Waals surface area contributed by atoms with Gasteiger partial charge in [0.25, 0.3) is 0 Å². The molecule has 0 aromatic heterocycles. The molecule has 3 nitrogen and oxygen atoms in total. The van der Waals surface area contributed by atoms with Crippen molar-refractivity contribution >= 4 is 11.5 Å². The van der Waals surface area contributed by atoms with Gasteiger partial charge >= 0.3 is 0 Å². The zero-order valence-electron chi connectivity index (χ0n) is 7.58. The lowest BCUT2D eigenvalue weighted by atomic mass is 10.1. The molecule has 0 radical (unpaired) electrons. The highest BCUT2D eigenvalue weighted by molar-refractivity contribution is 5.97. The molecule has 0 aliphatic rings. The number of phenolic OH excluding ortho intramolecular Hbond substituents is 1. The Morgan fingerprint density at radius 2 is 2.23 bits per heavy atom. The van der Waals surface area contributed by atoms with Crippen molar-refractivity contribution in [1.82, 2.24) is 0 Å². The zero-order chi connectivity index (χ0) is 9.84. The topological polar surface area (TPSA) is 63.3 Å². The van der Waals surface area contributed by atoms with Crippen molar-refractivity contribution in [2.75, 3.05) is 5.73 Å². The molecule has 0 atom stereocenters. The van der Waals surface area contributed by atoms with Crippen LogP contribution < -0.4 is 5.73 Å². The average Bonchev–Trinajstić information content (AvgIpc) is 2.10. The number of carbonyl (C=O) groups excluding carboxylic acids is 1. The minimum absolute atomic E-state index is 0.0213. The van der Waals surface area contributed by atoms with Gasteiger partial charge in [-0.15, -0.1) is 0 Å². The zero-order valence-corrected chi connectivity index (χ0v) is 7.58. The van der Waals surface area contributed by atoms with E-state index in [0.29, 0.717) is 12.0 Å². The van der Waals surface area contributed by atoms with E-state index in [9.17, 15) is 4.79 Å². The summed E-state index contributed by atoms with van der Waals surface area (Å²) in [6.07, 6.45) is 1.34. The van der Waals surface area contributed by atoms with Gasteiger partial charge in [-0.25, -0.2) is 0 Å². The molecule has 0 saturated heterocycles. The van der Waals surface area contributed by atoms with E-state index in [1.54, 1.807) is 6.07 Å². The molecule has 0 saturated carbocycles. The summed E-state index contributed by atoms with van der Waals surface area (Å²) in [5.74, 6) is 0.0854. The summed E-state index contributed by atoms with van der Waals surface area (Å²) in [7, 11) is 0. The normalized spacial score (nSPS) is 9.92. The van der Waals surface area contributed by atoms with Crippen LogP contribution >= 0.6 is 0 Å². The van der Waals surface area contributed by atoms with Crippen LogP contribution in [0.3, 0.4) is 0 Å². The van der Waals surface area contributed by atoms with Crippen LogP contribution in [0.25, 0.3) is 0 Å². The Hall–Kier alpha value is -1.51. The molecule has 0 bridgehead atoms. The van der Waals surface area contributed by atoms with Crippen LogP contribution in [-0.2, 0) is 0 Å². The molecule has 70 valence electrons. The fraction of sp³-hybridized carbons (Fsp3) is 0.300. The molecule has 0 unspecified atom stereocenters. The molecular weight excluding hydrogens is 166 g/mol. The lowest BCUT2D eigenvalue weighted by molar-refractivity contribution is 0.0982. The van der Waals surface area contributed by atoms with Crippen molar-refractivity contribution < 1.29 is 9.90 Å². The smallest absolute Gasteiger partial charge is 0.162 e. The Labute approximate surface area is 77.2 Å². The number of Topliss-reactive ketones (excluding diaryl/α,β-unsaturated/α-hetero) is 1. The number of carbonyl (C=O) groups is 1. The predicted octanol–water partition coefficient (Wildman–Crippen LogP) is 1.96. The number of phenols is 1. The second-order valence-electron chi connectivity index (χ2n) is 2.95. The highest BCUT2D eigenvalue weighted by atomic mass is 16.3. The van der Waals surface area contributed by atoms with Crippen LogP contribution in [0.5, 0.6) is 5.75 Å². The number of ketones is 1. The molecule has 0 amide bonds. The largest absolute Gasteiger partial charge is 0.506 e. The SMILES string of the molecule is CCCC(=O)c1ccc(O)c(N)c1. The molecule has 0 heterocycles. The van der Waals surface area contributed by atoms with E-state index in [1.165, 1.54) is 12.1 Å². The number of rotatable bonds is 3.